The number of ether oxygens (including phenoxy) is 2. The Morgan fingerprint density at radius 1 is 1.14 bits per heavy atom. The van der Waals surface area contributed by atoms with E-state index in [0.29, 0.717) is 19.8 Å². The summed E-state index contributed by atoms with van der Waals surface area (Å²) in [7, 11) is 1.83. The predicted molar refractivity (Wildman–Crippen MR) is 120 cm³/mol. The van der Waals surface area contributed by atoms with Crippen LogP contribution in [0.25, 0.3) is 0 Å². The number of aliphatic imine (C=N–C) groups is 1. The van der Waals surface area contributed by atoms with Gasteiger partial charge in [0, 0.05) is 39.3 Å². The molecule has 164 valence electrons. The highest BCUT2D eigenvalue weighted by molar-refractivity contribution is 5.79. The van der Waals surface area contributed by atoms with Gasteiger partial charge in [0.1, 0.15) is 0 Å². The van der Waals surface area contributed by atoms with Gasteiger partial charge in [-0.25, -0.2) is 0 Å². The van der Waals surface area contributed by atoms with E-state index < -0.39 is 0 Å². The molecule has 6 nitrogen and oxygen atoms in total. The Morgan fingerprint density at radius 2 is 1.97 bits per heavy atom. The number of rotatable bonds is 12. The molecule has 1 aliphatic rings. The average molecular weight is 405 g/mol. The van der Waals surface area contributed by atoms with E-state index in [1.807, 2.05) is 14.0 Å². The zero-order valence-corrected chi connectivity index (χ0v) is 18.6. The largest absolute Gasteiger partial charge is 0.379 e. The van der Waals surface area contributed by atoms with Gasteiger partial charge < -0.3 is 20.1 Å². The van der Waals surface area contributed by atoms with E-state index in [4.69, 9.17) is 9.47 Å². The molecule has 1 unspecified atom stereocenters. The number of nitrogens with zero attached hydrogens (tertiary/aromatic N) is 2. The molecule has 1 aliphatic heterocycles. The second-order valence-electron chi connectivity index (χ2n) is 7.52. The van der Waals surface area contributed by atoms with Gasteiger partial charge in [0.2, 0.25) is 0 Å². The lowest BCUT2D eigenvalue weighted by atomic mass is 10.0. The van der Waals surface area contributed by atoms with E-state index >= 15 is 0 Å². The smallest absolute Gasteiger partial charge is 0.191 e. The van der Waals surface area contributed by atoms with E-state index in [2.05, 4.69) is 51.7 Å². The van der Waals surface area contributed by atoms with Crippen molar-refractivity contribution in [1.29, 1.82) is 0 Å². The topological polar surface area (TPSA) is 58.1 Å². The van der Waals surface area contributed by atoms with Crippen LogP contribution in [0.1, 0.15) is 50.7 Å². The van der Waals surface area contributed by atoms with Crippen LogP contribution in [0.5, 0.6) is 0 Å². The molecule has 2 N–H and O–H groups in total. The second kappa shape index (κ2) is 14.4. The molecular weight excluding hydrogens is 364 g/mol. The van der Waals surface area contributed by atoms with Crippen molar-refractivity contribution in [3.05, 3.63) is 35.4 Å². The first-order valence-corrected chi connectivity index (χ1v) is 11.2. The molecule has 1 saturated heterocycles. The summed E-state index contributed by atoms with van der Waals surface area (Å²) in [5, 5.41) is 6.88. The third-order valence-corrected chi connectivity index (χ3v) is 5.43. The van der Waals surface area contributed by atoms with Crippen LogP contribution < -0.4 is 10.6 Å². The van der Waals surface area contributed by atoms with Crippen LogP contribution in [-0.2, 0) is 22.6 Å². The Kier molecular flexibility index (Phi) is 11.7. The second-order valence-corrected chi connectivity index (χ2v) is 7.52. The van der Waals surface area contributed by atoms with Gasteiger partial charge >= 0.3 is 0 Å². The number of nitrogens with one attached hydrogen (secondary N) is 2. The minimum Gasteiger partial charge on any atom is -0.379 e. The van der Waals surface area contributed by atoms with Gasteiger partial charge in [0.15, 0.2) is 5.96 Å². The number of hydrogen-bond acceptors (Lipinski definition) is 4. The summed E-state index contributed by atoms with van der Waals surface area (Å²) in [6, 6.07) is 9.23. The monoisotopic (exact) mass is 404 g/mol. The van der Waals surface area contributed by atoms with E-state index in [0.717, 1.165) is 38.2 Å². The number of likely N-dealkylation sites (tertiary alicyclic amines) is 1. The van der Waals surface area contributed by atoms with Crippen molar-refractivity contribution in [2.24, 2.45) is 4.99 Å². The Morgan fingerprint density at radius 3 is 2.76 bits per heavy atom. The van der Waals surface area contributed by atoms with Crippen molar-refractivity contribution in [2.45, 2.75) is 58.7 Å². The Labute approximate surface area is 177 Å². The first-order chi connectivity index (χ1) is 14.3. The molecule has 0 aromatic heterocycles. The molecule has 1 aromatic carbocycles. The van der Waals surface area contributed by atoms with Crippen molar-refractivity contribution in [3.63, 3.8) is 0 Å². The molecule has 2 rings (SSSR count). The van der Waals surface area contributed by atoms with E-state index in [1.165, 1.54) is 43.4 Å². The molecule has 1 aromatic rings. The van der Waals surface area contributed by atoms with Crippen LogP contribution in [0.4, 0.5) is 0 Å². The van der Waals surface area contributed by atoms with Crippen molar-refractivity contribution in [2.75, 3.05) is 46.5 Å². The highest BCUT2D eigenvalue weighted by Gasteiger charge is 2.19. The fourth-order valence-electron chi connectivity index (χ4n) is 3.82. The van der Waals surface area contributed by atoms with Crippen molar-refractivity contribution in [1.82, 2.24) is 15.5 Å². The molecule has 1 atom stereocenters. The minimum atomic E-state index is 0.613. The van der Waals surface area contributed by atoms with Gasteiger partial charge in [-0.1, -0.05) is 37.6 Å². The van der Waals surface area contributed by atoms with Gasteiger partial charge in [0.05, 0.1) is 19.8 Å². The van der Waals surface area contributed by atoms with Crippen molar-refractivity contribution in [3.8, 4) is 0 Å². The third-order valence-electron chi connectivity index (χ3n) is 5.43. The van der Waals surface area contributed by atoms with E-state index in [9.17, 15) is 0 Å². The lowest BCUT2D eigenvalue weighted by molar-refractivity contribution is 0.0453. The van der Waals surface area contributed by atoms with Crippen LogP contribution in [0.15, 0.2) is 29.3 Å². The third kappa shape index (κ3) is 9.15. The highest BCUT2D eigenvalue weighted by atomic mass is 16.5. The minimum absolute atomic E-state index is 0.613. The fraction of sp³-hybridized carbons (Fsp3) is 0.696. The molecule has 0 saturated carbocycles. The lowest BCUT2D eigenvalue weighted by Gasteiger charge is -2.35. The Hall–Kier alpha value is -1.63. The maximum Gasteiger partial charge on any atom is 0.191 e. The van der Waals surface area contributed by atoms with Gasteiger partial charge in [-0.05, 0) is 43.9 Å². The van der Waals surface area contributed by atoms with Crippen LogP contribution in [0.3, 0.4) is 0 Å². The molecule has 6 heteroatoms. The van der Waals surface area contributed by atoms with Gasteiger partial charge in [-0.2, -0.15) is 0 Å². The normalized spacial score (nSPS) is 18.0. The standard InChI is InChI=1S/C23H40N4O2/c1-4-22-11-6-7-13-27(22)14-12-25-23(24-3)26-18-20-9-8-10-21(17-20)19-29-16-15-28-5-2/h8-10,17,22H,4-7,11-16,18-19H2,1-3H3,(H2,24,25,26). The Balaban J connectivity index is 1.69. The van der Waals surface area contributed by atoms with E-state index in [1.54, 1.807) is 0 Å². The van der Waals surface area contributed by atoms with Crippen LogP contribution in [0, 0.1) is 0 Å². The maximum absolute atomic E-state index is 5.67. The maximum atomic E-state index is 5.67. The first-order valence-electron chi connectivity index (χ1n) is 11.2. The van der Waals surface area contributed by atoms with Crippen LogP contribution >= 0.6 is 0 Å². The van der Waals surface area contributed by atoms with Crippen LogP contribution in [-0.4, -0.2) is 63.4 Å². The zero-order chi connectivity index (χ0) is 20.7. The predicted octanol–water partition coefficient (Wildman–Crippen LogP) is 3.17. The molecule has 0 radical (unpaired) electrons. The summed E-state index contributed by atoms with van der Waals surface area (Å²) >= 11 is 0. The highest BCUT2D eigenvalue weighted by Crippen LogP contribution is 2.18. The number of guanidine groups is 1. The molecule has 0 spiro atoms. The summed E-state index contributed by atoms with van der Waals surface area (Å²) in [5.74, 6) is 0.855. The number of hydrogen-bond donors (Lipinski definition) is 2. The first kappa shape index (κ1) is 23.6. The number of piperidine rings is 1. The summed E-state index contributed by atoms with van der Waals surface area (Å²) in [4.78, 5) is 6.99. The lowest BCUT2D eigenvalue weighted by Crippen LogP contribution is -2.45. The average Bonchev–Trinajstić information content (AvgIpc) is 2.76. The van der Waals surface area contributed by atoms with Gasteiger partial charge in [0.25, 0.3) is 0 Å². The number of benzene rings is 1. The summed E-state index contributed by atoms with van der Waals surface area (Å²) in [5.41, 5.74) is 2.40. The molecular formula is C23H40N4O2. The molecule has 0 aliphatic carbocycles. The molecule has 0 amide bonds. The molecule has 1 fully saturated rings. The Bertz CT molecular complexity index is 594. The molecule has 29 heavy (non-hydrogen) atoms. The van der Waals surface area contributed by atoms with Crippen molar-refractivity contribution >= 4 is 5.96 Å². The SMILES string of the molecule is CCOCCOCc1cccc(CNC(=NC)NCCN2CCCCC2CC)c1. The summed E-state index contributed by atoms with van der Waals surface area (Å²) < 4.78 is 11.0. The van der Waals surface area contributed by atoms with Gasteiger partial charge in [-0.15, -0.1) is 0 Å². The fourth-order valence-corrected chi connectivity index (χ4v) is 3.82. The molecule has 0 bridgehead atoms. The van der Waals surface area contributed by atoms with E-state index in [-0.39, 0.29) is 0 Å². The quantitative estimate of drug-likeness (QED) is 0.318. The van der Waals surface area contributed by atoms with Crippen LogP contribution in [0.2, 0.25) is 0 Å². The zero-order valence-electron chi connectivity index (χ0n) is 18.6. The summed E-state index contributed by atoms with van der Waals surface area (Å²) in [6.07, 6.45) is 5.30. The molecule has 1 heterocycles. The summed E-state index contributed by atoms with van der Waals surface area (Å²) in [6.45, 7) is 10.9. The van der Waals surface area contributed by atoms with Crippen molar-refractivity contribution < 1.29 is 9.47 Å². The van der Waals surface area contributed by atoms with Gasteiger partial charge in [-0.3, -0.25) is 9.89 Å².